The second-order valence-corrected chi connectivity index (χ2v) is 5.94. The van der Waals surface area contributed by atoms with Gasteiger partial charge in [-0.1, -0.05) is 19.0 Å². The van der Waals surface area contributed by atoms with Crippen molar-refractivity contribution in [2.24, 2.45) is 5.92 Å². The Morgan fingerprint density at radius 1 is 1.41 bits per heavy atom. The largest absolute Gasteiger partial charge is 0.345 e. The molecule has 2 rings (SSSR count). The van der Waals surface area contributed by atoms with Crippen LogP contribution in [0.15, 0.2) is 21.3 Å². The zero-order valence-electron chi connectivity index (χ0n) is 12.6. The van der Waals surface area contributed by atoms with Crippen LogP contribution in [0.25, 0.3) is 11.4 Å². The fourth-order valence-electron chi connectivity index (χ4n) is 1.86. The van der Waals surface area contributed by atoms with Crippen LogP contribution in [0.4, 0.5) is 0 Å². The molecule has 0 aromatic carbocycles. The van der Waals surface area contributed by atoms with Crippen molar-refractivity contribution in [3.05, 3.63) is 22.7 Å². The molecule has 22 heavy (non-hydrogen) atoms. The van der Waals surface area contributed by atoms with Gasteiger partial charge < -0.3 is 15.2 Å². The molecule has 0 aliphatic heterocycles. The van der Waals surface area contributed by atoms with Gasteiger partial charge in [-0.2, -0.15) is 16.3 Å². The van der Waals surface area contributed by atoms with Gasteiger partial charge in [-0.3, -0.25) is 9.59 Å². The van der Waals surface area contributed by atoms with Gasteiger partial charge in [0.15, 0.2) is 0 Å². The summed E-state index contributed by atoms with van der Waals surface area (Å²) >= 11 is 1.54. The van der Waals surface area contributed by atoms with E-state index in [0.717, 1.165) is 5.56 Å². The maximum Gasteiger partial charge on any atom is 0.246 e. The van der Waals surface area contributed by atoms with Crippen molar-refractivity contribution in [3.63, 3.8) is 0 Å². The number of carbonyl (C=O) groups excluding carboxylic acids is 2. The van der Waals surface area contributed by atoms with Crippen LogP contribution < -0.4 is 10.6 Å². The van der Waals surface area contributed by atoms with E-state index >= 15 is 0 Å². The molecule has 2 aromatic rings. The number of rotatable bonds is 6. The molecule has 2 aromatic heterocycles. The van der Waals surface area contributed by atoms with Crippen LogP contribution in [-0.4, -0.2) is 28.0 Å². The molecule has 0 radical (unpaired) electrons. The number of nitrogens with one attached hydrogen (secondary N) is 2. The standard InChI is InChI=1S/C14H18N4O3S/c1-8(2)12(16-9(3)19)14(20)15-6-11-17-13(18-21-11)10-4-5-22-7-10/h4-5,7-8,12H,6H2,1-3H3,(H,15,20)(H,16,19). The molecule has 0 saturated carbocycles. The number of thiophene rings is 1. The van der Waals surface area contributed by atoms with Gasteiger partial charge in [0.2, 0.25) is 23.5 Å². The van der Waals surface area contributed by atoms with Gasteiger partial charge in [-0.05, 0) is 17.4 Å². The molecule has 8 heteroatoms. The minimum absolute atomic E-state index is 0.0204. The first-order chi connectivity index (χ1) is 10.5. The average Bonchev–Trinajstić information content (AvgIpc) is 3.11. The lowest BCUT2D eigenvalue weighted by Gasteiger charge is -2.20. The monoisotopic (exact) mass is 322 g/mol. The number of amides is 2. The van der Waals surface area contributed by atoms with E-state index in [-0.39, 0.29) is 24.3 Å². The highest BCUT2D eigenvalue weighted by atomic mass is 32.1. The van der Waals surface area contributed by atoms with Crippen LogP contribution in [0.5, 0.6) is 0 Å². The summed E-state index contributed by atoms with van der Waals surface area (Å²) in [5.41, 5.74) is 0.879. The molecule has 0 bridgehead atoms. The highest BCUT2D eigenvalue weighted by Crippen LogP contribution is 2.18. The van der Waals surface area contributed by atoms with Gasteiger partial charge in [0.05, 0.1) is 6.54 Å². The Hall–Kier alpha value is -2.22. The summed E-state index contributed by atoms with van der Waals surface area (Å²) in [6, 6.07) is 1.31. The number of hydrogen-bond acceptors (Lipinski definition) is 6. The molecule has 0 aliphatic rings. The first-order valence-electron chi connectivity index (χ1n) is 6.87. The van der Waals surface area contributed by atoms with Crippen molar-refractivity contribution in [2.45, 2.75) is 33.4 Å². The smallest absolute Gasteiger partial charge is 0.246 e. The third-order valence-electron chi connectivity index (χ3n) is 2.97. The quantitative estimate of drug-likeness (QED) is 0.841. The molecular formula is C14H18N4O3S. The van der Waals surface area contributed by atoms with Gasteiger partial charge in [0, 0.05) is 17.9 Å². The van der Waals surface area contributed by atoms with Gasteiger partial charge in [0.1, 0.15) is 6.04 Å². The Kier molecular flexibility index (Phi) is 5.26. The van der Waals surface area contributed by atoms with E-state index in [4.69, 9.17) is 4.52 Å². The summed E-state index contributed by atoms with van der Waals surface area (Å²) < 4.78 is 5.10. The zero-order chi connectivity index (χ0) is 16.1. The predicted molar refractivity (Wildman–Crippen MR) is 81.9 cm³/mol. The van der Waals surface area contributed by atoms with E-state index in [1.807, 2.05) is 30.7 Å². The molecule has 2 amide bonds. The lowest BCUT2D eigenvalue weighted by atomic mass is 10.0. The summed E-state index contributed by atoms with van der Waals surface area (Å²) in [6.45, 7) is 5.23. The maximum atomic E-state index is 12.1. The van der Waals surface area contributed by atoms with Crippen LogP contribution in [0.2, 0.25) is 0 Å². The fraction of sp³-hybridized carbons (Fsp3) is 0.429. The Balaban J connectivity index is 1.94. The molecule has 1 atom stereocenters. The van der Waals surface area contributed by atoms with Gasteiger partial charge in [0.25, 0.3) is 0 Å². The Morgan fingerprint density at radius 2 is 2.18 bits per heavy atom. The first-order valence-corrected chi connectivity index (χ1v) is 7.81. The number of carbonyl (C=O) groups is 2. The van der Waals surface area contributed by atoms with E-state index in [1.54, 1.807) is 11.3 Å². The highest BCUT2D eigenvalue weighted by molar-refractivity contribution is 7.08. The molecule has 0 saturated heterocycles. The summed E-state index contributed by atoms with van der Waals surface area (Å²) in [6.07, 6.45) is 0. The Bertz CT molecular complexity index is 636. The van der Waals surface area contributed by atoms with Crippen LogP contribution in [-0.2, 0) is 16.1 Å². The summed E-state index contributed by atoms with van der Waals surface area (Å²) in [4.78, 5) is 27.5. The van der Waals surface area contributed by atoms with Crippen molar-refractivity contribution >= 4 is 23.2 Å². The van der Waals surface area contributed by atoms with Crippen molar-refractivity contribution in [1.29, 1.82) is 0 Å². The van der Waals surface area contributed by atoms with Crippen LogP contribution >= 0.6 is 11.3 Å². The molecule has 7 nitrogen and oxygen atoms in total. The SMILES string of the molecule is CC(=O)NC(C(=O)NCc1nc(-c2ccsc2)no1)C(C)C. The average molecular weight is 322 g/mol. The van der Waals surface area contributed by atoms with Crippen molar-refractivity contribution in [3.8, 4) is 11.4 Å². The van der Waals surface area contributed by atoms with Crippen LogP contribution in [0, 0.1) is 5.92 Å². The third-order valence-corrected chi connectivity index (χ3v) is 3.65. The van der Waals surface area contributed by atoms with E-state index in [9.17, 15) is 9.59 Å². The predicted octanol–water partition coefficient (Wildman–Crippen LogP) is 1.57. The topological polar surface area (TPSA) is 97.1 Å². The Morgan fingerprint density at radius 3 is 2.77 bits per heavy atom. The van der Waals surface area contributed by atoms with Crippen molar-refractivity contribution in [2.75, 3.05) is 0 Å². The van der Waals surface area contributed by atoms with Gasteiger partial charge in [-0.15, -0.1) is 0 Å². The maximum absolute atomic E-state index is 12.1. The summed E-state index contributed by atoms with van der Waals surface area (Å²) in [7, 11) is 0. The molecular weight excluding hydrogens is 304 g/mol. The summed E-state index contributed by atoms with van der Waals surface area (Å²) in [5.74, 6) is 0.271. The second kappa shape index (κ2) is 7.17. The summed E-state index contributed by atoms with van der Waals surface area (Å²) in [5, 5.41) is 13.0. The molecule has 0 fully saturated rings. The molecule has 118 valence electrons. The molecule has 0 aliphatic carbocycles. The lowest BCUT2D eigenvalue weighted by molar-refractivity contribution is -0.129. The van der Waals surface area contributed by atoms with E-state index in [2.05, 4.69) is 20.8 Å². The second-order valence-electron chi connectivity index (χ2n) is 5.16. The van der Waals surface area contributed by atoms with E-state index in [1.165, 1.54) is 6.92 Å². The number of nitrogens with zero attached hydrogens (tertiary/aromatic N) is 2. The third kappa shape index (κ3) is 4.14. The van der Waals surface area contributed by atoms with Crippen LogP contribution in [0.3, 0.4) is 0 Å². The minimum Gasteiger partial charge on any atom is -0.345 e. The van der Waals surface area contributed by atoms with Gasteiger partial charge in [-0.25, -0.2) is 0 Å². The van der Waals surface area contributed by atoms with Crippen molar-refractivity contribution in [1.82, 2.24) is 20.8 Å². The Labute approximate surface area is 132 Å². The van der Waals surface area contributed by atoms with E-state index in [0.29, 0.717) is 11.7 Å². The highest BCUT2D eigenvalue weighted by Gasteiger charge is 2.23. The van der Waals surface area contributed by atoms with Crippen molar-refractivity contribution < 1.29 is 14.1 Å². The normalized spacial score (nSPS) is 12.2. The van der Waals surface area contributed by atoms with Gasteiger partial charge >= 0.3 is 0 Å². The lowest BCUT2D eigenvalue weighted by Crippen LogP contribution is -2.48. The molecule has 2 heterocycles. The number of hydrogen-bond donors (Lipinski definition) is 2. The molecule has 2 N–H and O–H groups in total. The number of aromatic nitrogens is 2. The minimum atomic E-state index is -0.586. The first kappa shape index (κ1) is 16.2. The zero-order valence-corrected chi connectivity index (χ0v) is 13.4. The van der Waals surface area contributed by atoms with E-state index < -0.39 is 6.04 Å². The molecule has 1 unspecified atom stereocenters. The fourth-order valence-corrected chi connectivity index (χ4v) is 2.50. The molecule has 0 spiro atoms. The van der Waals surface area contributed by atoms with Crippen LogP contribution in [0.1, 0.15) is 26.7 Å².